The highest BCUT2D eigenvalue weighted by Crippen LogP contribution is 2.33. The highest BCUT2D eigenvalue weighted by atomic mass is 16.6. The Labute approximate surface area is 160 Å². The first-order chi connectivity index (χ1) is 13.3. The van der Waals surface area contributed by atoms with Gasteiger partial charge in [-0.25, -0.2) is 0 Å². The second-order valence-electron chi connectivity index (χ2n) is 7.02. The molecule has 0 aliphatic carbocycles. The largest absolute Gasteiger partial charge is 0.310 e. The topological polar surface area (TPSA) is 101 Å². The molecule has 8 nitrogen and oxygen atoms in total. The lowest BCUT2D eigenvalue weighted by atomic mass is 10.1. The fourth-order valence-electron chi connectivity index (χ4n) is 3.77. The Morgan fingerprint density at radius 1 is 1.11 bits per heavy atom. The van der Waals surface area contributed by atoms with Gasteiger partial charge >= 0.3 is 0 Å². The van der Waals surface area contributed by atoms with Gasteiger partial charge in [-0.15, -0.1) is 0 Å². The van der Waals surface area contributed by atoms with E-state index in [1.54, 1.807) is 24.3 Å². The number of imide groups is 1. The summed E-state index contributed by atoms with van der Waals surface area (Å²) in [6.45, 7) is 3.68. The number of nitrogens with zero attached hydrogens (tertiary/aromatic N) is 3. The number of hydrogen-bond acceptors (Lipinski definition) is 5. The summed E-state index contributed by atoms with van der Waals surface area (Å²) in [7, 11) is 0. The van der Waals surface area contributed by atoms with E-state index < -0.39 is 28.7 Å². The van der Waals surface area contributed by atoms with Gasteiger partial charge < -0.3 is 4.90 Å². The van der Waals surface area contributed by atoms with Crippen LogP contribution in [-0.2, 0) is 11.2 Å². The zero-order chi connectivity index (χ0) is 20.2. The zero-order valence-corrected chi connectivity index (χ0v) is 15.3. The fourth-order valence-corrected chi connectivity index (χ4v) is 3.77. The Morgan fingerprint density at radius 3 is 2.54 bits per heavy atom. The maximum absolute atomic E-state index is 13.1. The van der Waals surface area contributed by atoms with Crippen LogP contribution in [-0.4, -0.2) is 40.1 Å². The lowest BCUT2D eigenvalue weighted by Gasteiger charge is -2.26. The number of anilines is 1. The molecule has 2 aliphatic rings. The van der Waals surface area contributed by atoms with Gasteiger partial charge in [0, 0.05) is 18.7 Å². The van der Waals surface area contributed by atoms with Crippen molar-refractivity contribution < 1.29 is 19.3 Å². The lowest BCUT2D eigenvalue weighted by molar-refractivity contribution is -0.384. The summed E-state index contributed by atoms with van der Waals surface area (Å²) < 4.78 is 0. The number of hydrogen-bond donors (Lipinski definition) is 0. The molecule has 1 atom stereocenters. The van der Waals surface area contributed by atoms with Gasteiger partial charge in [-0.3, -0.25) is 29.4 Å². The standard InChI is InChI=1S/C20H17N3O5/c1-11-3-6-15-16(9-11)20(26)22(19(15)25)12(2)18(24)21-8-7-13-4-5-14(23(27)28)10-17(13)21/h3-6,9-10,12H,7-8H2,1-2H3/t12-/m0/s1. The maximum atomic E-state index is 13.1. The molecular weight excluding hydrogens is 362 g/mol. The predicted octanol–water partition coefficient (Wildman–Crippen LogP) is 2.48. The molecule has 2 aromatic carbocycles. The van der Waals surface area contributed by atoms with E-state index in [1.165, 1.54) is 24.0 Å². The van der Waals surface area contributed by atoms with Crippen molar-refractivity contribution in [1.29, 1.82) is 0 Å². The van der Waals surface area contributed by atoms with Gasteiger partial charge in [0.1, 0.15) is 6.04 Å². The lowest BCUT2D eigenvalue weighted by Crippen LogP contribution is -2.49. The molecule has 3 amide bonds. The third kappa shape index (κ3) is 2.57. The molecule has 28 heavy (non-hydrogen) atoms. The van der Waals surface area contributed by atoms with Crippen molar-refractivity contribution in [3.8, 4) is 0 Å². The molecule has 0 spiro atoms. The van der Waals surface area contributed by atoms with Crippen molar-refractivity contribution in [2.24, 2.45) is 0 Å². The van der Waals surface area contributed by atoms with Crippen LogP contribution in [0.25, 0.3) is 0 Å². The van der Waals surface area contributed by atoms with Crippen LogP contribution in [0.1, 0.15) is 38.8 Å². The van der Waals surface area contributed by atoms with E-state index in [0.29, 0.717) is 24.2 Å². The van der Waals surface area contributed by atoms with Crippen LogP contribution in [0, 0.1) is 17.0 Å². The highest BCUT2D eigenvalue weighted by Gasteiger charge is 2.43. The summed E-state index contributed by atoms with van der Waals surface area (Å²) in [5.74, 6) is -1.44. The van der Waals surface area contributed by atoms with E-state index in [-0.39, 0.29) is 11.3 Å². The molecule has 2 aliphatic heterocycles. The van der Waals surface area contributed by atoms with E-state index in [1.807, 2.05) is 6.92 Å². The second kappa shape index (κ2) is 6.26. The minimum Gasteiger partial charge on any atom is -0.310 e. The van der Waals surface area contributed by atoms with Crippen LogP contribution in [0.3, 0.4) is 0 Å². The zero-order valence-electron chi connectivity index (χ0n) is 15.3. The Hall–Kier alpha value is -3.55. The average molecular weight is 379 g/mol. The SMILES string of the molecule is Cc1ccc2c(c1)C(=O)N([C@@H](C)C(=O)N1CCc3ccc([N+](=O)[O-])cc31)C2=O. The maximum Gasteiger partial charge on any atom is 0.271 e. The van der Waals surface area contributed by atoms with Crippen LogP contribution in [0.15, 0.2) is 36.4 Å². The van der Waals surface area contributed by atoms with Crippen LogP contribution >= 0.6 is 0 Å². The molecule has 0 aromatic heterocycles. The van der Waals surface area contributed by atoms with Crippen molar-refractivity contribution in [3.63, 3.8) is 0 Å². The Morgan fingerprint density at radius 2 is 1.82 bits per heavy atom. The molecule has 0 N–H and O–H groups in total. The number of amides is 3. The third-order valence-corrected chi connectivity index (χ3v) is 5.26. The number of carbonyl (C=O) groups is 3. The van der Waals surface area contributed by atoms with Crippen molar-refractivity contribution in [2.75, 3.05) is 11.4 Å². The van der Waals surface area contributed by atoms with E-state index in [4.69, 9.17) is 0 Å². The summed E-state index contributed by atoms with van der Waals surface area (Å²) in [5.41, 5.74) is 2.60. The fraction of sp³-hybridized carbons (Fsp3) is 0.250. The summed E-state index contributed by atoms with van der Waals surface area (Å²) in [6.07, 6.45) is 0.563. The Balaban J connectivity index is 1.64. The molecule has 0 radical (unpaired) electrons. The molecule has 142 valence electrons. The van der Waals surface area contributed by atoms with Crippen molar-refractivity contribution in [2.45, 2.75) is 26.3 Å². The van der Waals surface area contributed by atoms with Crippen LogP contribution in [0.2, 0.25) is 0 Å². The smallest absolute Gasteiger partial charge is 0.271 e. The van der Waals surface area contributed by atoms with Crippen LogP contribution < -0.4 is 4.90 Å². The number of non-ortho nitro benzene ring substituents is 1. The van der Waals surface area contributed by atoms with Crippen molar-refractivity contribution in [3.05, 3.63) is 68.8 Å². The first-order valence-corrected chi connectivity index (χ1v) is 8.87. The number of nitro groups is 1. The molecule has 0 unspecified atom stereocenters. The number of carbonyl (C=O) groups excluding carboxylic acids is 3. The number of rotatable bonds is 3. The summed E-state index contributed by atoms with van der Waals surface area (Å²) >= 11 is 0. The monoisotopic (exact) mass is 379 g/mol. The molecule has 2 aromatic rings. The molecule has 0 saturated heterocycles. The molecule has 4 rings (SSSR count). The Bertz CT molecular complexity index is 1060. The van der Waals surface area contributed by atoms with E-state index >= 15 is 0 Å². The van der Waals surface area contributed by atoms with Gasteiger partial charge in [0.25, 0.3) is 17.5 Å². The number of aryl methyl sites for hydroxylation is 1. The number of nitro benzene ring substituents is 1. The quantitative estimate of drug-likeness (QED) is 0.463. The van der Waals surface area contributed by atoms with E-state index in [0.717, 1.165) is 16.0 Å². The van der Waals surface area contributed by atoms with Crippen molar-refractivity contribution >= 4 is 29.1 Å². The third-order valence-electron chi connectivity index (χ3n) is 5.26. The highest BCUT2D eigenvalue weighted by molar-refractivity contribution is 6.23. The average Bonchev–Trinajstić information content (AvgIpc) is 3.19. The van der Waals surface area contributed by atoms with Gasteiger partial charge in [0.2, 0.25) is 5.91 Å². The normalized spacial score (nSPS) is 16.2. The van der Waals surface area contributed by atoms with Gasteiger partial charge in [-0.1, -0.05) is 17.7 Å². The minimum atomic E-state index is -1.02. The first-order valence-electron chi connectivity index (χ1n) is 8.87. The van der Waals surface area contributed by atoms with Gasteiger partial charge in [-0.05, 0) is 38.0 Å². The number of fused-ring (bicyclic) bond motifs is 2. The van der Waals surface area contributed by atoms with Crippen molar-refractivity contribution in [1.82, 2.24) is 4.90 Å². The van der Waals surface area contributed by atoms with Crippen LogP contribution in [0.5, 0.6) is 0 Å². The van der Waals surface area contributed by atoms with Crippen LogP contribution in [0.4, 0.5) is 11.4 Å². The predicted molar refractivity (Wildman–Crippen MR) is 100 cm³/mol. The summed E-state index contributed by atoms with van der Waals surface area (Å²) in [5, 5.41) is 11.1. The van der Waals surface area contributed by atoms with E-state index in [2.05, 4.69) is 0 Å². The molecule has 8 heteroatoms. The van der Waals surface area contributed by atoms with Gasteiger partial charge in [-0.2, -0.15) is 0 Å². The molecule has 0 saturated carbocycles. The first kappa shape index (κ1) is 17.8. The summed E-state index contributed by atoms with van der Waals surface area (Å²) in [4.78, 5) is 51.5. The second-order valence-corrected chi connectivity index (χ2v) is 7.02. The molecule has 0 bridgehead atoms. The minimum absolute atomic E-state index is 0.109. The molecular formula is C20H17N3O5. The Kier molecular flexibility index (Phi) is 3.99. The van der Waals surface area contributed by atoms with Gasteiger partial charge in [0.15, 0.2) is 0 Å². The molecule has 0 fully saturated rings. The molecule has 2 heterocycles. The number of benzene rings is 2. The van der Waals surface area contributed by atoms with Gasteiger partial charge in [0.05, 0.1) is 21.7 Å². The summed E-state index contributed by atoms with van der Waals surface area (Å²) in [6, 6.07) is 8.36. The van der Waals surface area contributed by atoms with E-state index in [9.17, 15) is 24.5 Å².